The zero-order valence-corrected chi connectivity index (χ0v) is 25.0. The van der Waals surface area contributed by atoms with Gasteiger partial charge in [0.2, 0.25) is 5.75 Å². The van der Waals surface area contributed by atoms with Crippen LogP contribution >= 0.6 is 0 Å². The van der Waals surface area contributed by atoms with Crippen LogP contribution in [0.2, 0.25) is 0 Å². The van der Waals surface area contributed by atoms with Gasteiger partial charge >= 0.3 is 5.97 Å². The molecule has 228 valence electrons. The molecule has 3 heterocycles. The van der Waals surface area contributed by atoms with Crippen molar-refractivity contribution in [3.63, 3.8) is 0 Å². The number of methoxy groups -OCH3 is 1. The van der Waals surface area contributed by atoms with Crippen molar-refractivity contribution in [1.29, 1.82) is 0 Å². The van der Waals surface area contributed by atoms with E-state index in [-0.39, 0.29) is 46.4 Å². The number of esters is 1. The molecule has 0 aliphatic heterocycles. The minimum absolute atomic E-state index is 0.00374. The van der Waals surface area contributed by atoms with Crippen molar-refractivity contribution < 1.29 is 33.3 Å². The monoisotopic (exact) mass is 592 g/mol. The summed E-state index contributed by atoms with van der Waals surface area (Å²) < 4.78 is 30.9. The number of fused-ring (bicyclic) bond motifs is 2. The van der Waals surface area contributed by atoms with Crippen LogP contribution in [0.1, 0.15) is 54.8 Å². The molecule has 0 atom stereocenters. The number of benzene rings is 1. The molecule has 0 N–H and O–H groups in total. The summed E-state index contributed by atoms with van der Waals surface area (Å²) in [5.41, 5.74) is 0.401. The Bertz CT molecular complexity index is 1730. The van der Waals surface area contributed by atoms with Crippen molar-refractivity contribution in [2.45, 2.75) is 40.7 Å². The van der Waals surface area contributed by atoms with Crippen LogP contribution in [-0.2, 0) is 16.0 Å². The van der Waals surface area contributed by atoms with Gasteiger partial charge in [-0.1, -0.05) is 6.07 Å². The first-order chi connectivity index (χ1) is 20.9. The fourth-order valence-corrected chi connectivity index (χ4v) is 4.61. The van der Waals surface area contributed by atoms with E-state index in [2.05, 4.69) is 4.99 Å². The molecule has 0 fully saturated rings. The molecule has 1 aromatic carbocycles. The van der Waals surface area contributed by atoms with Gasteiger partial charge in [0, 0.05) is 32.0 Å². The van der Waals surface area contributed by atoms with E-state index in [1.54, 1.807) is 43.0 Å². The number of aryl methyl sites for hydroxylation is 1. The van der Waals surface area contributed by atoms with E-state index in [9.17, 15) is 14.4 Å². The van der Waals surface area contributed by atoms with E-state index in [1.807, 2.05) is 20.8 Å². The minimum atomic E-state index is -0.731. The van der Waals surface area contributed by atoms with Crippen LogP contribution < -0.4 is 25.3 Å². The Balaban J connectivity index is 2.05. The highest BCUT2D eigenvalue weighted by molar-refractivity contribution is 5.98. The number of pyridine rings is 2. The molecule has 0 bridgehead atoms. The number of amides is 1. The van der Waals surface area contributed by atoms with Crippen LogP contribution in [0.25, 0.3) is 16.7 Å². The van der Waals surface area contributed by atoms with E-state index in [0.29, 0.717) is 55.7 Å². The molecule has 0 radical (unpaired) electrons. The minimum Gasteiger partial charge on any atom is -0.490 e. The van der Waals surface area contributed by atoms with E-state index in [0.717, 1.165) is 0 Å². The number of hydrogen-bond acceptors (Lipinski definition) is 9. The van der Waals surface area contributed by atoms with Crippen molar-refractivity contribution in [1.82, 2.24) is 14.0 Å². The summed E-state index contributed by atoms with van der Waals surface area (Å²) in [4.78, 5) is 49.8. The maximum atomic E-state index is 13.8. The quantitative estimate of drug-likeness (QED) is 0.129. The Hall–Kier alpha value is -4.71. The standard InChI is InChI=1S/C31H36N4O8/c1-6-40-23-17-20(18-24(41-7-2)26(23)42-8-3)29(36)33-28-22(31(38)43-9-4)19-21-27(35(28)15-12-16-39-5)32-25-13-10-11-14-34(25)30(21)37/h10-11,13-14,17-19H,6-9,12,15-16H2,1-5H3. The van der Waals surface area contributed by atoms with Crippen molar-refractivity contribution in [2.75, 3.05) is 40.1 Å². The lowest BCUT2D eigenvalue weighted by molar-refractivity contribution is 0.0523. The second-order valence-electron chi connectivity index (χ2n) is 9.20. The molecule has 0 saturated carbocycles. The fourth-order valence-electron chi connectivity index (χ4n) is 4.61. The van der Waals surface area contributed by atoms with Gasteiger partial charge in [-0.2, -0.15) is 4.99 Å². The largest absolute Gasteiger partial charge is 0.490 e. The van der Waals surface area contributed by atoms with Crippen molar-refractivity contribution in [3.8, 4) is 17.2 Å². The summed E-state index contributed by atoms with van der Waals surface area (Å²) >= 11 is 0. The third kappa shape index (κ3) is 6.69. The number of nitrogens with zero attached hydrogens (tertiary/aromatic N) is 4. The Labute approximate surface area is 248 Å². The van der Waals surface area contributed by atoms with Crippen molar-refractivity contribution in [2.24, 2.45) is 4.99 Å². The highest BCUT2D eigenvalue weighted by Gasteiger charge is 2.22. The van der Waals surface area contributed by atoms with Crippen molar-refractivity contribution in [3.05, 3.63) is 69.6 Å². The summed E-state index contributed by atoms with van der Waals surface area (Å²) in [7, 11) is 1.57. The first-order valence-electron chi connectivity index (χ1n) is 14.2. The predicted octanol–water partition coefficient (Wildman–Crippen LogP) is 3.80. The van der Waals surface area contributed by atoms with Gasteiger partial charge in [0.1, 0.15) is 16.9 Å². The number of carbonyl (C=O) groups excluding carboxylic acids is 2. The first kappa shape index (κ1) is 31.2. The Morgan fingerprint density at radius 3 is 2.26 bits per heavy atom. The third-order valence-electron chi connectivity index (χ3n) is 6.38. The maximum absolute atomic E-state index is 13.8. The number of rotatable bonds is 13. The van der Waals surface area contributed by atoms with Gasteiger partial charge in [0.25, 0.3) is 11.5 Å². The Morgan fingerprint density at radius 1 is 0.930 bits per heavy atom. The number of hydrogen-bond donors (Lipinski definition) is 0. The average Bonchev–Trinajstić information content (AvgIpc) is 3.00. The van der Waals surface area contributed by atoms with Crippen LogP contribution in [0.4, 0.5) is 0 Å². The zero-order chi connectivity index (χ0) is 30.9. The van der Waals surface area contributed by atoms with E-state index in [4.69, 9.17) is 28.7 Å². The molecule has 12 heteroatoms. The molecule has 3 aromatic heterocycles. The molecule has 0 spiro atoms. The lowest BCUT2D eigenvalue weighted by atomic mass is 10.1. The lowest BCUT2D eigenvalue weighted by Crippen LogP contribution is -2.33. The predicted molar refractivity (Wildman–Crippen MR) is 159 cm³/mol. The fraction of sp³-hybridized carbons (Fsp3) is 0.387. The Kier molecular flexibility index (Phi) is 10.5. The number of aromatic nitrogens is 3. The molecule has 0 saturated heterocycles. The number of carbonyl (C=O) groups is 2. The Morgan fingerprint density at radius 2 is 1.63 bits per heavy atom. The summed E-state index contributed by atoms with van der Waals surface area (Å²) in [6.07, 6.45) is 2.09. The van der Waals surface area contributed by atoms with Crippen LogP contribution in [0.5, 0.6) is 17.2 Å². The number of ether oxygens (including phenoxy) is 5. The van der Waals surface area contributed by atoms with Gasteiger partial charge in [-0.15, -0.1) is 0 Å². The highest BCUT2D eigenvalue weighted by atomic mass is 16.5. The summed E-state index contributed by atoms with van der Waals surface area (Å²) in [5, 5.41) is 0.175. The van der Waals surface area contributed by atoms with E-state index < -0.39 is 11.9 Å². The van der Waals surface area contributed by atoms with Gasteiger partial charge in [-0.3, -0.25) is 14.0 Å². The second-order valence-corrected chi connectivity index (χ2v) is 9.20. The third-order valence-corrected chi connectivity index (χ3v) is 6.38. The summed E-state index contributed by atoms with van der Waals surface area (Å²) in [6, 6.07) is 9.63. The molecular weight excluding hydrogens is 556 g/mol. The molecular formula is C31H36N4O8. The SMILES string of the molecule is CCOC(=O)c1cc2c(=O)n3ccccc3nc2n(CCCOC)c1=NC(=O)c1cc(OCC)c(OCC)c(OCC)c1. The molecule has 0 aliphatic carbocycles. The molecule has 4 aromatic rings. The second kappa shape index (κ2) is 14.5. The molecule has 4 rings (SSSR count). The molecule has 12 nitrogen and oxygen atoms in total. The van der Waals surface area contributed by atoms with Crippen LogP contribution in [0.15, 0.2) is 52.4 Å². The van der Waals surface area contributed by atoms with Crippen LogP contribution in [-0.4, -0.2) is 66.0 Å². The first-order valence-corrected chi connectivity index (χ1v) is 14.2. The molecule has 0 unspecified atom stereocenters. The van der Waals surface area contributed by atoms with E-state index in [1.165, 1.54) is 22.6 Å². The van der Waals surface area contributed by atoms with Crippen LogP contribution in [0, 0.1) is 0 Å². The maximum Gasteiger partial charge on any atom is 0.341 e. The molecule has 0 aliphatic rings. The van der Waals surface area contributed by atoms with Crippen molar-refractivity contribution >= 4 is 28.6 Å². The van der Waals surface area contributed by atoms with Crippen LogP contribution in [0.3, 0.4) is 0 Å². The lowest BCUT2D eigenvalue weighted by Gasteiger charge is -2.17. The molecule has 43 heavy (non-hydrogen) atoms. The van der Waals surface area contributed by atoms with Gasteiger partial charge in [0.05, 0.1) is 31.8 Å². The average molecular weight is 593 g/mol. The summed E-state index contributed by atoms with van der Waals surface area (Å²) in [5.74, 6) is -0.371. The van der Waals surface area contributed by atoms with E-state index >= 15 is 0 Å². The topological polar surface area (TPSA) is 132 Å². The normalized spacial score (nSPS) is 11.6. The summed E-state index contributed by atoms with van der Waals surface area (Å²) in [6.45, 7) is 8.86. The smallest absolute Gasteiger partial charge is 0.341 e. The van der Waals surface area contributed by atoms with Gasteiger partial charge < -0.3 is 28.3 Å². The zero-order valence-electron chi connectivity index (χ0n) is 25.0. The van der Waals surface area contributed by atoms with Gasteiger partial charge in [0.15, 0.2) is 17.0 Å². The van der Waals surface area contributed by atoms with Gasteiger partial charge in [-0.25, -0.2) is 9.78 Å². The highest BCUT2D eigenvalue weighted by Crippen LogP contribution is 2.39. The molecule has 1 amide bonds. The van der Waals surface area contributed by atoms with Gasteiger partial charge in [-0.05, 0) is 64.4 Å².